The molecule has 0 fully saturated rings. The van der Waals surface area contributed by atoms with E-state index in [4.69, 9.17) is 10.00 Å². The highest BCUT2D eigenvalue weighted by atomic mass is 16.6. The van der Waals surface area contributed by atoms with Crippen molar-refractivity contribution in [3.63, 3.8) is 0 Å². The monoisotopic (exact) mass is 254 g/mol. The minimum atomic E-state index is -0.464. The zero-order valence-corrected chi connectivity index (χ0v) is 9.95. The van der Waals surface area contributed by atoms with Crippen molar-refractivity contribution in [3.05, 3.63) is 69.8 Å². The average molecular weight is 254 g/mol. The summed E-state index contributed by atoms with van der Waals surface area (Å²) in [4.78, 5) is 10.0. The molecular formula is C14H10N2O3. The molecule has 0 spiro atoms. The van der Waals surface area contributed by atoms with Gasteiger partial charge in [0.1, 0.15) is 12.4 Å². The summed E-state index contributed by atoms with van der Waals surface area (Å²) >= 11 is 0. The van der Waals surface area contributed by atoms with Gasteiger partial charge in [-0.2, -0.15) is 5.26 Å². The number of nitro benzene ring substituents is 1. The Labute approximate surface area is 109 Å². The summed E-state index contributed by atoms with van der Waals surface area (Å²) in [5.74, 6) is 0.526. The van der Waals surface area contributed by atoms with Crippen LogP contribution in [0.1, 0.15) is 11.1 Å². The lowest BCUT2D eigenvalue weighted by molar-refractivity contribution is -0.384. The summed E-state index contributed by atoms with van der Waals surface area (Å²) in [6.45, 7) is 0.252. The minimum Gasteiger partial charge on any atom is -0.489 e. The maximum Gasteiger partial charge on any atom is 0.269 e. The molecule has 0 heterocycles. The lowest BCUT2D eigenvalue weighted by Gasteiger charge is -2.07. The molecule has 0 saturated heterocycles. The summed E-state index contributed by atoms with van der Waals surface area (Å²) in [6.07, 6.45) is 0. The van der Waals surface area contributed by atoms with Crippen LogP contribution in [0.25, 0.3) is 0 Å². The first kappa shape index (κ1) is 12.6. The molecule has 5 nitrogen and oxygen atoms in total. The van der Waals surface area contributed by atoms with Crippen LogP contribution in [0.3, 0.4) is 0 Å². The fourth-order valence-electron chi connectivity index (χ4n) is 1.58. The van der Waals surface area contributed by atoms with Crippen molar-refractivity contribution in [1.29, 1.82) is 5.26 Å². The van der Waals surface area contributed by atoms with Crippen LogP contribution < -0.4 is 4.74 Å². The van der Waals surface area contributed by atoms with Gasteiger partial charge in [0.25, 0.3) is 5.69 Å². The van der Waals surface area contributed by atoms with E-state index in [9.17, 15) is 10.1 Å². The molecule has 19 heavy (non-hydrogen) atoms. The number of ether oxygens (including phenoxy) is 1. The van der Waals surface area contributed by atoms with Gasteiger partial charge in [-0.3, -0.25) is 10.1 Å². The Morgan fingerprint density at radius 1 is 1.16 bits per heavy atom. The third kappa shape index (κ3) is 3.07. The molecule has 2 aromatic carbocycles. The Kier molecular flexibility index (Phi) is 3.74. The van der Waals surface area contributed by atoms with Crippen molar-refractivity contribution >= 4 is 5.69 Å². The topological polar surface area (TPSA) is 76.2 Å². The maximum atomic E-state index is 10.5. The zero-order valence-electron chi connectivity index (χ0n) is 9.95. The van der Waals surface area contributed by atoms with Crippen molar-refractivity contribution < 1.29 is 9.66 Å². The molecular weight excluding hydrogens is 244 g/mol. The van der Waals surface area contributed by atoms with E-state index in [1.54, 1.807) is 12.1 Å². The van der Waals surface area contributed by atoms with Gasteiger partial charge < -0.3 is 4.74 Å². The van der Waals surface area contributed by atoms with E-state index in [-0.39, 0.29) is 12.3 Å². The Bertz CT molecular complexity index is 630. The van der Waals surface area contributed by atoms with Gasteiger partial charge in [-0.25, -0.2) is 0 Å². The Balaban J connectivity index is 2.06. The number of nitrogens with zero attached hydrogens (tertiary/aromatic N) is 2. The summed E-state index contributed by atoms with van der Waals surface area (Å²) < 4.78 is 5.50. The fraction of sp³-hybridized carbons (Fsp3) is 0.0714. The van der Waals surface area contributed by atoms with Gasteiger partial charge in [0, 0.05) is 17.7 Å². The molecule has 2 aromatic rings. The summed E-state index contributed by atoms with van der Waals surface area (Å²) in [5.41, 5.74) is 1.36. The maximum absolute atomic E-state index is 10.5. The standard InChI is InChI=1S/C14H10N2O3/c15-9-11-3-1-2-4-12(11)10-19-14-7-5-13(6-8-14)16(17)18/h1-8H,10H2. The van der Waals surface area contributed by atoms with Crippen LogP contribution in [0.4, 0.5) is 5.69 Å². The first-order chi connectivity index (χ1) is 9.20. The molecule has 0 saturated carbocycles. The Morgan fingerprint density at radius 2 is 1.84 bits per heavy atom. The lowest BCUT2D eigenvalue weighted by atomic mass is 10.1. The molecule has 0 amide bonds. The van der Waals surface area contributed by atoms with Crippen LogP contribution in [0.2, 0.25) is 0 Å². The molecule has 0 aliphatic heterocycles. The predicted octanol–water partition coefficient (Wildman–Crippen LogP) is 3.05. The average Bonchev–Trinajstić information content (AvgIpc) is 2.45. The molecule has 0 unspecified atom stereocenters. The molecule has 0 aliphatic carbocycles. The van der Waals surface area contributed by atoms with E-state index in [0.717, 1.165) is 5.56 Å². The number of hydrogen-bond donors (Lipinski definition) is 0. The van der Waals surface area contributed by atoms with Crippen molar-refractivity contribution in [2.24, 2.45) is 0 Å². The molecule has 0 atom stereocenters. The van der Waals surface area contributed by atoms with Crippen molar-refractivity contribution in [2.45, 2.75) is 6.61 Å². The van der Waals surface area contributed by atoms with E-state index >= 15 is 0 Å². The van der Waals surface area contributed by atoms with Crippen LogP contribution in [-0.4, -0.2) is 4.92 Å². The highest BCUT2D eigenvalue weighted by Gasteiger charge is 2.05. The number of benzene rings is 2. The lowest BCUT2D eigenvalue weighted by Crippen LogP contribution is -1.98. The van der Waals surface area contributed by atoms with Crippen molar-refractivity contribution in [1.82, 2.24) is 0 Å². The highest BCUT2D eigenvalue weighted by Crippen LogP contribution is 2.19. The van der Waals surface area contributed by atoms with E-state index in [0.29, 0.717) is 11.3 Å². The van der Waals surface area contributed by atoms with Crippen LogP contribution in [0.15, 0.2) is 48.5 Å². The molecule has 0 radical (unpaired) electrons. The Hall–Kier alpha value is -2.87. The van der Waals surface area contributed by atoms with Gasteiger partial charge >= 0.3 is 0 Å². The first-order valence-electron chi connectivity index (χ1n) is 5.56. The largest absolute Gasteiger partial charge is 0.489 e. The van der Waals surface area contributed by atoms with Gasteiger partial charge in [0.05, 0.1) is 16.6 Å². The minimum absolute atomic E-state index is 0.0183. The number of nitro groups is 1. The molecule has 0 aliphatic rings. The third-order valence-electron chi connectivity index (χ3n) is 2.58. The highest BCUT2D eigenvalue weighted by molar-refractivity contribution is 5.38. The number of nitriles is 1. The fourth-order valence-corrected chi connectivity index (χ4v) is 1.58. The van der Waals surface area contributed by atoms with Gasteiger partial charge in [-0.1, -0.05) is 18.2 Å². The van der Waals surface area contributed by atoms with Crippen LogP contribution in [-0.2, 0) is 6.61 Å². The van der Waals surface area contributed by atoms with Gasteiger partial charge in [-0.15, -0.1) is 0 Å². The van der Waals surface area contributed by atoms with Gasteiger partial charge in [0.2, 0.25) is 0 Å². The number of hydrogen-bond acceptors (Lipinski definition) is 4. The van der Waals surface area contributed by atoms with E-state index < -0.39 is 4.92 Å². The normalized spacial score (nSPS) is 9.63. The van der Waals surface area contributed by atoms with Crippen LogP contribution in [0, 0.1) is 21.4 Å². The SMILES string of the molecule is N#Cc1ccccc1COc1ccc([N+](=O)[O-])cc1. The molecule has 0 bridgehead atoms. The number of rotatable bonds is 4. The molecule has 94 valence electrons. The first-order valence-corrected chi connectivity index (χ1v) is 5.56. The smallest absolute Gasteiger partial charge is 0.269 e. The van der Waals surface area contributed by atoms with E-state index in [1.165, 1.54) is 24.3 Å². The van der Waals surface area contributed by atoms with E-state index in [1.807, 2.05) is 12.1 Å². The molecule has 0 N–H and O–H groups in total. The Morgan fingerprint density at radius 3 is 2.47 bits per heavy atom. The number of non-ortho nitro benzene ring substituents is 1. The summed E-state index contributed by atoms with van der Waals surface area (Å²) in [7, 11) is 0. The summed E-state index contributed by atoms with van der Waals surface area (Å²) in [5, 5.41) is 19.4. The predicted molar refractivity (Wildman–Crippen MR) is 68.6 cm³/mol. The second-order valence-corrected chi connectivity index (χ2v) is 3.81. The molecule has 2 rings (SSSR count). The van der Waals surface area contributed by atoms with Crippen molar-refractivity contribution in [3.8, 4) is 11.8 Å². The summed E-state index contributed by atoms with van der Waals surface area (Å²) in [6, 6.07) is 15.1. The van der Waals surface area contributed by atoms with Gasteiger partial charge in [-0.05, 0) is 18.2 Å². The third-order valence-corrected chi connectivity index (χ3v) is 2.58. The molecule has 5 heteroatoms. The second-order valence-electron chi connectivity index (χ2n) is 3.81. The van der Waals surface area contributed by atoms with Crippen LogP contribution in [0.5, 0.6) is 5.75 Å². The zero-order chi connectivity index (χ0) is 13.7. The molecule has 0 aromatic heterocycles. The van der Waals surface area contributed by atoms with Crippen LogP contribution >= 0.6 is 0 Å². The second kappa shape index (κ2) is 5.65. The van der Waals surface area contributed by atoms with Crippen molar-refractivity contribution in [2.75, 3.05) is 0 Å². The van der Waals surface area contributed by atoms with E-state index in [2.05, 4.69) is 6.07 Å². The van der Waals surface area contributed by atoms with Gasteiger partial charge in [0.15, 0.2) is 0 Å². The quantitative estimate of drug-likeness (QED) is 0.620.